The zero-order valence-corrected chi connectivity index (χ0v) is 13.6. The molecule has 1 N–H and O–H groups in total. The number of amides is 1. The maximum Gasteiger partial charge on any atom is 0.261 e. The summed E-state index contributed by atoms with van der Waals surface area (Å²) in [4.78, 5) is 17.0. The summed E-state index contributed by atoms with van der Waals surface area (Å²) in [6, 6.07) is 5.60. The molecule has 0 spiro atoms. The number of nitrogens with zero attached hydrogens (tertiary/aromatic N) is 2. The van der Waals surface area contributed by atoms with E-state index in [0.717, 1.165) is 42.2 Å². The van der Waals surface area contributed by atoms with Crippen molar-refractivity contribution in [1.29, 1.82) is 0 Å². The summed E-state index contributed by atoms with van der Waals surface area (Å²) in [6.45, 7) is 2.76. The second-order valence-electron chi connectivity index (χ2n) is 6.26. The molecular formula is C17H18ClN3O2. The maximum absolute atomic E-state index is 12.5. The van der Waals surface area contributed by atoms with Crippen LogP contribution in [0.2, 0.25) is 5.02 Å². The third kappa shape index (κ3) is 2.81. The fourth-order valence-electron chi connectivity index (χ4n) is 3.36. The van der Waals surface area contributed by atoms with Gasteiger partial charge in [0, 0.05) is 36.6 Å². The number of carbonyl (C=O) groups excluding carboxylic acids is 1. The molecule has 3 heterocycles. The summed E-state index contributed by atoms with van der Waals surface area (Å²) < 4.78 is 7.88. The molecule has 0 saturated heterocycles. The van der Waals surface area contributed by atoms with Gasteiger partial charge in [-0.05, 0) is 37.1 Å². The molecule has 2 unspecified atom stereocenters. The minimum absolute atomic E-state index is 0.0531. The molecule has 120 valence electrons. The summed E-state index contributed by atoms with van der Waals surface area (Å²) in [5.74, 6) is 1.81. The van der Waals surface area contributed by atoms with Crippen molar-refractivity contribution in [2.75, 3.05) is 0 Å². The first kappa shape index (κ1) is 14.6. The van der Waals surface area contributed by atoms with Crippen LogP contribution in [-0.4, -0.2) is 27.6 Å². The molecule has 0 aliphatic carbocycles. The maximum atomic E-state index is 12.5. The van der Waals surface area contributed by atoms with E-state index in [9.17, 15) is 4.79 Å². The van der Waals surface area contributed by atoms with Crippen LogP contribution < -0.4 is 10.1 Å². The van der Waals surface area contributed by atoms with Gasteiger partial charge in [-0.15, -0.1) is 0 Å². The lowest BCUT2D eigenvalue weighted by Crippen LogP contribution is -2.46. The smallest absolute Gasteiger partial charge is 0.261 e. The van der Waals surface area contributed by atoms with Gasteiger partial charge in [-0.2, -0.15) is 0 Å². The Labute approximate surface area is 139 Å². The van der Waals surface area contributed by atoms with Crippen molar-refractivity contribution in [2.45, 2.75) is 44.9 Å². The molecule has 0 fully saturated rings. The molecule has 1 aromatic carbocycles. The van der Waals surface area contributed by atoms with Gasteiger partial charge in [0.15, 0.2) is 6.10 Å². The molecule has 2 atom stereocenters. The molecule has 6 heteroatoms. The summed E-state index contributed by atoms with van der Waals surface area (Å²) in [5, 5.41) is 3.78. The topological polar surface area (TPSA) is 56.2 Å². The summed E-state index contributed by atoms with van der Waals surface area (Å²) in [6.07, 6.45) is 3.95. The highest BCUT2D eigenvalue weighted by molar-refractivity contribution is 6.30. The fraction of sp³-hybridized carbons (Fsp3) is 0.412. The van der Waals surface area contributed by atoms with Gasteiger partial charge in [-0.1, -0.05) is 11.6 Å². The summed E-state index contributed by atoms with van der Waals surface area (Å²) >= 11 is 5.99. The Morgan fingerprint density at radius 1 is 1.48 bits per heavy atom. The second kappa shape index (κ2) is 5.57. The second-order valence-corrected chi connectivity index (χ2v) is 6.69. The molecular weight excluding hydrogens is 314 g/mol. The number of aryl methyl sites for hydroxylation is 2. The van der Waals surface area contributed by atoms with E-state index in [-0.39, 0.29) is 11.9 Å². The molecule has 5 nitrogen and oxygen atoms in total. The minimum atomic E-state index is -0.464. The lowest BCUT2D eigenvalue weighted by Gasteiger charge is -2.25. The average molecular weight is 332 g/mol. The van der Waals surface area contributed by atoms with Crippen molar-refractivity contribution in [1.82, 2.24) is 14.9 Å². The normalized spacial score (nSPS) is 22.2. The van der Waals surface area contributed by atoms with Crippen molar-refractivity contribution in [3.8, 4) is 5.75 Å². The number of halogens is 1. The molecule has 1 aromatic heterocycles. The summed E-state index contributed by atoms with van der Waals surface area (Å²) in [5.41, 5.74) is 2.02. The van der Waals surface area contributed by atoms with E-state index in [0.29, 0.717) is 11.4 Å². The van der Waals surface area contributed by atoms with Gasteiger partial charge in [0.05, 0.1) is 5.69 Å². The quantitative estimate of drug-likeness (QED) is 0.918. The van der Waals surface area contributed by atoms with E-state index in [1.165, 1.54) is 0 Å². The van der Waals surface area contributed by atoms with Crippen molar-refractivity contribution in [2.24, 2.45) is 0 Å². The highest BCUT2D eigenvalue weighted by Gasteiger charge is 2.31. The predicted molar refractivity (Wildman–Crippen MR) is 86.8 cm³/mol. The Bertz CT molecular complexity index is 771. The Hall–Kier alpha value is -2.01. The number of hydrogen-bond donors (Lipinski definition) is 1. The largest absolute Gasteiger partial charge is 0.480 e. The first-order valence-corrected chi connectivity index (χ1v) is 8.24. The molecule has 4 rings (SSSR count). The molecule has 2 aromatic rings. The molecule has 2 aliphatic heterocycles. The lowest BCUT2D eigenvalue weighted by atomic mass is 10.1. The van der Waals surface area contributed by atoms with Gasteiger partial charge in [0.2, 0.25) is 0 Å². The highest BCUT2D eigenvalue weighted by atomic mass is 35.5. The molecule has 0 saturated carbocycles. The van der Waals surface area contributed by atoms with Gasteiger partial charge in [-0.25, -0.2) is 4.98 Å². The third-order valence-electron chi connectivity index (χ3n) is 4.45. The van der Waals surface area contributed by atoms with Gasteiger partial charge in [0.25, 0.3) is 5.91 Å². The van der Waals surface area contributed by atoms with Crippen molar-refractivity contribution in [3.05, 3.63) is 46.5 Å². The van der Waals surface area contributed by atoms with Crippen LogP contribution in [0.5, 0.6) is 5.75 Å². The van der Waals surface area contributed by atoms with Crippen molar-refractivity contribution >= 4 is 17.5 Å². The number of nitrogens with one attached hydrogen (secondary N) is 1. The molecule has 1 amide bonds. The first-order chi connectivity index (χ1) is 11.1. The lowest BCUT2D eigenvalue weighted by molar-refractivity contribution is -0.128. The minimum Gasteiger partial charge on any atom is -0.480 e. The average Bonchev–Trinajstić information content (AvgIpc) is 3.08. The Morgan fingerprint density at radius 3 is 3.22 bits per heavy atom. The van der Waals surface area contributed by atoms with Crippen molar-refractivity contribution in [3.63, 3.8) is 0 Å². The van der Waals surface area contributed by atoms with E-state index >= 15 is 0 Å². The number of hydrogen-bond acceptors (Lipinski definition) is 3. The van der Waals surface area contributed by atoms with E-state index < -0.39 is 6.10 Å². The van der Waals surface area contributed by atoms with Crippen LogP contribution in [0, 0.1) is 6.92 Å². The van der Waals surface area contributed by atoms with Crippen LogP contribution in [-0.2, 0) is 24.2 Å². The number of rotatable bonds is 2. The monoisotopic (exact) mass is 331 g/mol. The Kier molecular flexibility index (Phi) is 3.53. The molecule has 0 bridgehead atoms. The van der Waals surface area contributed by atoms with Crippen LogP contribution in [0.25, 0.3) is 0 Å². The van der Waals surface area contributed by atoms with Crippen LogP contribution >= 0.6 is 11.6 Å². The van der Waals surface area contributed by atoms with E-state index in [4.69, 9.17) is 16.3 Å². The third-order valence-corrected chi connectivity index (χ3v) is 4.68. The Balaban J connectivity index is 1.40. The molecule has 23 heavy (non-hydrogen) atoms. The van der Waals surface area contributed by atoms with Gasteiger partial charge >= 0.3 is 0 Å². The number of imidazole rings is 1. The van der Waals surface area contributed by atoms with E-state index in [1.807, 2.05) is 25.3 Å². The standard InChI is InChI=1S/C17H18ClN3O2/c1-10-8-21-9-13(3-5-16(21)19-10)20-17(22)15-7-11-6-12(18)2-4-14(11)23-15/h2,4,6,8,13,15H,3,5,7,9H2,1H3,(H,20,22). The van der Waals surface area contributed by atoms with Gasteiger partial charge in [0.1, 0.15) is 11.6 Å². The highest BCUT2D eigenvalue weighted by Crippen LogP contribution is 2.31. The van der Waals surface area contributed by atoms with Crippen LogP contribution in [0.1, 0.15) is 23.5 Å². The van der Waals surface area contributed by atoms with Crippen LogP contribution in [0.4, 0.5) is 0 Å². The van der Waals surface area contributed by atoms with Gasteiger partial charge < -0.3 is 14.6 Å². The Morgan fingerprint density at radius 2 is 2.35 bits per heavy atom. The predicted octanol–water partition coefficient (Wildman–Crippen LogP) is 2.28. The summed E-state index contributed by atoms with van der Waals surface area (Å²) in [7, 11) is 0. The molecule has 0 radical (unpaired) electrons. The SMILES string of the molecule is Cc1cn2c(n1)CCC(NC(=O)C1Cc3cc(Cl)ccc3O1)C2. The number of benzene rings is 1. The number of aromatic nitrogens is 2. The zero-order valence-electron chi connectivity index (χ0n) is 12.9. The number of carbonyl (C=O) groups is 1. The van der Waals surface area contributed by atoms with Crippen molar-refractivity contribution < 1.29 is 9.53 Å². The zero-order chi connectivity index (χ0) is 16.0. The van der Waals surface area contributed by atoms with E-state index in [2.05, 4.69) is 14.9 Å². The van der Waals surface area contributed by atoms with Crippen LogP contribution in [0.15, 0.2) is 24.4 Å². The molecule has 2 aliphatic rings. The van der Waals surface area contributed by atoms with E-state index in [1.54, 1.807) is 6.07 Å². The van der Waals surface area contributed by atoms with Gasteiger partial charge in [-0.3, -0.25) is 4.79 Å². The first-order valence-electron chi connectivity index (χ1n) is 7.86. The van der Waals surface area contributed by atoms with Crippen LogP contribution in [0.3, 0.4) is 0 Å². The number of ether oxygens (including phenoxy) is 1. The fourth-order valence-corrected chi connectivity index (χ4v) is 3.56. The number of fused-ring (bicyclic) bond motifs is 2.